The van der Waals surface area contributed by atoms with Crippen molar-refractivity contribution < 1.29 is 24.3 Å². The third kappa shape index (κ3) is 3.27. The molecule has 6 heteroatoms. The van der Waals surface area contributed by atoms with Crippen molar-refractivity contribution in [2.75, 3.05) is 6.54 Å². The molecule has 1 amide bonds. The molecule has 0 saturated heterocycles. The van der Waals surface area contributed by atoms with Gasteiger partial charge in [-0.05, 0) is 0 Å². The van der Waals surface area contributed by atoms with Gasteiger partial charge in [-0.15, -0.1) is 5.12 Å². The predicted octanol–water partition coefficient (Wildman–Crippen LogP) is -0.0645. The molecule has 5 nitrogen and oxygen atoms in total. The third-order valence-corrected chi connectivity index (χ3v) is 0.482. The summed E-state index contributed by atoms with van der Waals surface area (Å²) >= 11 is 0. The molecule has 52 valence electrons. The molecule has 0 heterocycles. The van der Waals surface area contributed by atoms with E-state index >= 15 is 0 Å². The number of aliphatic carboxylic acids is 1. The molecule has 0 aromatic carbocycles. The van der Waals surface area contributed by atoms with E-state index in [1.165, 1.54) is 0 Å². The van der Waals surface area contributed by atoms with Gasteiger partial charge in [0.05, 0.1) is 0 Å². The average molecular weight is 137 g/mol. The summed E-state index contributed by atoms with van der Waals surface area (Å²) in [7, 11) is 0. The number of carboxylic acid groups (broad SMARTS) is 2. The molecule has 0 fully saturated rings. The standard InChI is InChI=1S/C3H4FNO4/c4-5(3(8)9)1-2(6)7/h1H2,(H,6,7)(H,8,9). The Morgan fingerprint density at radius 2 is 1.89 bits per heavy atom. The second-order valence-electron chi connectivity index (χ2n) is 1.20. The fourth-order valence-corrected chi connectivity index (χ4v) is 0.186. The van der Waals surface area contributed by atoms with Crippen molar-refractivity contribution in [3.8, 4) is 0 Å². The Bertz CT molecular complexity index is 136. The lowest BCUT2D eigenvalue weighted by Gasteiger charge is -2.01. The highest BCUT2D eigenvalue weighted by Gasteiger charge is 2.13. The molecular weight excluding hydrogens is 133 g/mol. The Labute approximate surface area is 49.2 Å². The summed E-state index contributed by atoms with van der Waals surface area (Å²) < 4.78 is 11.6. The maximum absolute atomic E-state index is 11.6. The van der Waals surface area contributed by atoms with Gasteiger partial charge in [-0.3, -0.25) is 4.79 Å². The molecule has 0 aliphatic rings. The molecule has 0 saturated carbocycles. The largest absolute Gasteiger partial charge is 0.480 e. The maximum atomic E-state index is 11.6. The first-order chi connectivity index (χ1) is 4.04. The molecule has 0 radical (unpaired) electrons. The van der Waals surface area contributed by atoms with Gasteiger partial charge in [0.25, 0.3) is 0 Å². The van der Waals surface area contributed by atoms with Crippen molar-refractivity contribution >= 4 is 12.1 Å². The number of hydrogen-bond donors (Lipinski definition) is 2. The van der Waals surface area contributed by atoms with Crippen LogP contribution in [0, 0.1) is 0 Å². The summed E-state index contributed by atoms with van der Waals surface area (Å²) in [5, 5.41) is 14.7. The normalized spacial score (nSPS) is 8.56. The van der Waals surface area contributed by atoms with Gasteiger partial charge < -0.3 is 10.2 Å². The lowest BCUT2D eigenvalue weighted by atomic mass is 10.7. The first-order valence-electron chi connectivity index (χ1n) is 1.92. The minimum atomic E-state index is -1.91. The summed E-state index contributed by atoms with van der Waals surface area (Å²) in [6, 6.07) is 0. The van der Waals surface area contributed by atoms with E-state index < -0.39 is 23.7 Å². The highest BCUT2D eigenvalue weighted by molar-refractivity contribution is 5.74. The van der Waals surface area contributed by atoms with Crippen LogP contribution in [0.1, 0.15) is 0 Å². The Morgan fingerprint density at radius 3 is 2.00 bits per heavy atom. The molecule has 0 rings (SSSR count). The molecule has 0 aliphatic carbocycles. The Hall–Kier alpha value is -1.33. The quantitative estimate of drug-likeness (QED) is 0.522. The Balaban J connectivity index is 3.63. The zero-order valence-corrected chi connectivity index (χ0v) is 4.24. The first kappa shape index (κ1) is 7.67. The molecule has 0 unspecified atom stereocenters. The second kappa shape index (κ2) is 2.85. The Kier molecular flexibility index (Phi) is 2.43. The van der Waals surface area contributed by atoms with Crippen molar-refractivity contribution in [1.82, 2.24) is 5.12 Å². The fourth-order valence-electron chi connectivity index (χ4n) is 0.186. The molecule has 0 aromatic heterocycles. The summed E-state index contributed by atoms with van der Waals surface area (Å²) in [6.45, 7) is -1.14. The zero-order valence-electron chi connectivity index (χ0n) is 4.24. The van der Waals surface area contributed by atoms with Crippen LogP contribution in [0.15, 0.2) is 0 Å². The number of halogens is 1. The average Bonchev–Trinajstić information content (AvgIpc) is 1.63. The van der Waals surface area contributed by atoms with Crippen molar-refractivity contribution in [1.29, 1.82) is 0 Å². The molecule has 0 spiro atoms. The van der Waals surface area contributed by atoms with Crippen LogP contribution in [0.3, 0.4) is 0 Å². The van der Waals surface area contributed by atoms with Gasteiger partial charge in [0.2, 0.25) is 0 Å². The van der Waals surface area contributed by atoms with E-state index in [0.29, 0.717) is 0 Å². The fraction of sp³-hybridized carbons (Fsp3) is 0.333. The highest BCUT2D eigenvalue weighted by atomic mass is 19.2. The number of amides is 1. The lowest BCUT2D eigenvalue weighted by Crippen LogP contribution is -2.26. The van der Waals surface area contributed by atoms with Gasteiger partial charge in [-0.2, -0.15) is 0 Å². The van der Waals surface area contributed by atoms with Crippen LogP contribution in [0.5, 0.6) is 0 Å². The topological polar surface area (TPSA) is 77.8 Å². The van der Waals surface area contributed by atoms with Crippen LogP contribution in [0.2, 0.25) is 0 Å². The van der Waals surface area contributed by atoms with Crippen LogP contribution < -0.4 is 0 Å². The maximum Gasteiger partial charge on any atom is 0.436 e. The minimum absolute atomic E-state index is 0.817. The van der Waals surface area contributed by atoms with E-state index in [2.05, 4.69) is 0 Å². The summed E-state index contributed by atoms with van der Waals surface area (Å²) in [5.41, 5.74) is 0. The number of hydrogen-bond acceptors (Lipinski definition) is 2. The van der Waals surface area contributed by atoms with Crippen molar-refractivity contribution in [3.05, 3.63) is 0 Å². The van der Waals surface area contributed by atoms with Crippen molar-refractivity contribution in [3.63, 3.8) is 0 Å². The second-order valence-corrected chi connectivity index (χ2v) is 1.20. The lowest BCUT2D eigenvalue weighted by molar-refractivity contribution is -0.141. The third-order valence-electron chi connectivity index (χ3n) is 0.482. The number of carbonyl (C=O) groups is 2. The van der Waals surface area contributed by atoms with Gasteiger partial charge in [0.1, 0.15) is 0 Å². The van der Waals surface area contributed by atoms with E-state index in [1.807, 2.05) is 0 Å². The Morgan fingerprint density at radius 1 is 1.44 bits per heavy atom. The van der Waals surface area contributed by atoms with Gasteiger partial charge in [-0.1, -0.05) is 4.48 Å². The number of nitrogens with zero attached hydrogens (tertiary/aromatic N) is 1. The smallest absolute Gasteiger partial charge is 0.436 e. The van der Waals surface area contributed by atoms with Crippen LogP contribution in [0.25, 0.3) is 0 Å². The van der Waals surface area contributed by atoms with E-state index in [1.54, 1.807) is 0 Å². The monoisotopic (exact) mass is 137 g/mol. The van der Waals surface area contributed by atoms with Gasteiger partial charge >= 0.3 is 12.1 Å². The van der Waals surface area contributed by atoms with Crippen molar-refractivity contribution in [2.24, 2.45) is 0 Å². The summed E-state index contributed by atoms with van der Waals surface area (Å²) in [4.78, 5) is 19.1. The zero-order chi connectivity index (χ0) is 7.44. The van der Waals surface area contributed by atoms with Gasteiger partial charge in [-0.25, -0.2) is 4.79 Å². The summed E-state index contributed by atoms with van der Waals surface area (Å²) in [5.74, 6) is -1.53. The van der Waals surface area contributed by atoms with Crippen LogP contribution in [-0.4, -0.2) is 33.9 Å². The SMILES string of the molecule is O=C(O)CN(F)C(=O)O. The summed E-state index contributed by atoms with van der Waals surface area (Å²) in [6.07, 6.45) is -1.91. The van der Waals surface area contributed by atoms with E-state index in [9.17, 15) is 14.1 Å². The highest BCUT2D eigenvalue weighted by Crippen LogP contribution is 1.87. The number of rotatable bonds is 2. The molecule has 0 atom stereocenters. The molecule has 0 aromatic rings. The van der Waals surface area contributed by atoms with Gasteiger partial charge in [0, 0.05) is 0 Å². The molecule has 9 heavy (non-hydrogen) atoms. The molecule has 0 aliphatic heterocycles. The van der Waals surface area contributed by atoms with Crippen LogP contribution in [-0.2, 0) is 4.79 Å². The van der Waals surface area contributed by atoms with Gasteiger partial charge in [0.15, 0.2) is 6.54 Å². The van der Waals surface area contributed by atoms with Crippen LogP contribution in [0.4, 0.5) is 9.28 Å². The molecular formula is C3H4FNO4. The molecule has 0 bridgehead atoms. The number of carboxylic acids is 1. The predicted molar refractivity (Wildman–Crippen MR) is 23.5 cm³/mol. The van der Waals surface area contributed by atoms with Crippen molar-refractivity contribution in [2.45, 2.75) is 0 Å². The van der Waals surface area contributed by atoms with Crippen LogP contribution >= 0.6 is 0 Å². The molecule has 2 N–H and O–H groups in total. The van der Waals surface area contributed by atoms with E-state index in [4.69, 9.17) is 10.2 Å². The van der Waals surface area contributed by atoms with E-state index in [0.717, 1.165) is 0 Å². The first-order valence-corrected chi connectivity index (χ1v) is 1.92. The van der Waals surface area contributed by atoms with E-state index in [-0.39, 0.29) is 0 Å². The minimum Gasteiger partial charge on any atom is -0.480 e.